The van der Waals surface area contributed by atoms with Crippen LogP contribution in [0.4, 0.5) is 13.2 Å². The molecule has 3 rings (SSSR count). The maximum absolute atomic E-state index is 12.2. The Morgan fingerprint density at radius 1 is 1.25 bits per heavy atom. The van der Waals surface area contributed by atoms with Crippen molar-refractivity contribution in [3.05, 3.63) is 41.5 Å². The summed E-state index contributed by atoms with van der Waals surface area (Å²) in [6, 6.07) is 4.22. The molecule has 0 unspecified atom stereocenters. The Hall–Kier alpha value is -2.31. The zero-order chi connectivity index (χ0) is 14.3. The molecule has 0 N–H and O–H groups in total. The van der Waals surface area contributed by atoms with E-state index in [-0.39, 0.29) is 5.75 Å². The van der Waals surface area contributed by atoms with E-state index in [0.717, 1.165) is 11.5 Å². The quantitative estimate of drug-likeness (QED) is 0.806. The average molecular weight is 281 g/mol. The van der Waals surface area contributed by atoms with Crippen LogP contribution in [0.5, 0.6) is 5.75 Å². The summed E-state index contributed by atoms with van der Waals surface area (Å²) in [4.78, 5) is 0. The van der Waals surface area contributed by atoms with Crippen molar-refractivity contribution >= 4 is 6.08 Å². The first-order valence-electron chi connectivity index (χ1n) is 5.92. The van der Waals surface area contributed by atoms with Crippen molar-refractivity contribution in [3.8, 4) is 11.4 Å². The van der Waals surface area contributed by atoms with E-state index in [1.54, 1.807) is 19.1 Å². The molecule has 0 atom stereocenters. The van der Waals surface area contributed by atoms with Gasteiger partial charge in [0.05, 0.1) is 5.69 Å². The van der Waals surface area contributed by atoms with Gasteiger partial charge in [-0.05, 0) is 25.1 Å². The first-order chi connectivity index (χ1) is 9.44. The van der Waals surface area contributed by atoms with Crippen molar-refractivity contribution in [1.82, 2.24) is 14.8 Å². The zero-order valence-electron chi connectivity index (χ0n) is 10.5. The van der Waals surface area contributed by atoms with Crippen LogP contribution in [0.15, 0.2) is 24.3 Å². The third-order valence-corrected chi connectivity index (χ3v) is 2.96. The molecular formula is C13H10F3N3O. The van der Waals surface area contributed by atoms with Crippen molar-refractivity contribution < 1.29 is 17.9 Å². The van der Waals surface area contributed by atoms with Crippen molar-refractivity contribution in [2.24, 2.45) is 0 Å². The molecule has 0 bridgehead atoms. The molecule has 1 aromatic heterocycles. The molecular weight excluding hydrogens is 271 g/mol. The van der Waals surface area contributed by atoms with Gasteiger partial charge in [-0.15, -0.1) is 23.4 Å². The highest BCUT2D eigenvalue weighted by atomic mass is 19.4. The van der Waals surface area contributed by atoms with E-state index in [2.05, 4.69) is 14.9 Å². The number of nitrogens with zero attached hydrogens (tertiary/aromatic N) is 3. The van der Waals surface area contributed by atoms with Crippen molar-refractivity contribution in [1.29, 1.82) is 0 Å². The summed E-state index contributed by atoms with van der Waals surface area (Å²) in [5.41, 5.74) is 1.37. The first-order valence-corrected chi connectivity index (χ1v) is 5.92. The summed E-state index contributed by atoms with van der Waals surface area (Å²) in [7, 11) is 0. The lowest BCUT2D eigenvalue weighted by Gasteiger charge is -2.13. The summed E-state index contributed by atoms with van der Waals surface area (Å²) in [5.74, 6) is 1.20. The zero-order valence-corrected chi connectivity index (χ0v) is 10.5. The molecule has 0 amide bonds. The first kappa shape index (κ1) is 12.7. The number of benzene rings is 1. The van der Waals surface area contributed by atoms with Crippen LogP contribution in [0.2, 0.25) is 0 Å². The molecule has 0 saturated heterocycles. The number of alkyl halides is 3. The van der Waals surface area contributed by atoms with E-state index in [1.165, 1.54) is 12.1 Å². The maximum Gasteiger partial charge on any atom is 0.573 e. The molecule has 2 heterocycles. The molecule has 1 aromatic carbocycles. The fourth-order valence-electron chi connectivity index (χ4n) is 2.21. The Kier molecular flexibility index (Phi) is 2.77. The standard InChI is InChI=1S/C13H10F3N3O/c1-8-17-18-12-4-2-3-9-7-10(20-13(14,15)16)5-6-11(9)19(8)12/h2-3,5-7H,4H2,1H3. The number of allylic oxidation sites excluding steroid dienone is 1. The largest absolute Gasteiger partial charge is 0.573 e. The van der Waals surface area contributed by atoms with E-state index < -0.39 is 6.36 Å². The second kappa shape index (κ2) is 4.36. The highest BCUT2D eigenvalue weighted by molar-refractivity contribution is 5.64. The summed E-state index contributed by atoms with van der Waals surface area (Å²) < 4.78 is 42.5. The summed E-state index contributed by atoms with van der Waals surface area (Å²) in [6.45, 7) is 1.80. The second-order valence-corrected chi connectivity index (χ2v) is 4.37. The van der Waals surface area contributed by atoms with Gasteiger partial charge in [0.1, 0.15) is 17.4 Å². The van der Waals surface area contributed by atoms with Gasteiger partial charge in [-0.25, -0.2) is 0 Å². The predicted octanol–water partition coefficient (Wildman–Crippen LogP) is 3.04. The molecule has 104 valence electrons. The highest BCUT2D eigenvalue weighted by Crippen LogP contribution is 2.29. The van der Waals surface area contributed by atoms with Crippen LogP contribution in [0, 0.1) is 6.92 Å². The number of aromatic nitrogens is 3. The Labute approximate surface area is 112 Å². The van der Waals surface area contributed by atoms with Crippen molar-refractivity contribution in [2.75, 3.05) is 0 Å². The molecule has 0 spiro atoms. The number of ether oxygens (including phenoxy) is 1. The molecule has 1 aliphatic heterocycles. The van der Waals surface area contributed by atoms with E-state index >= 15 is 0 Å². The van der Waals surface area contributed by atoms with Crippen LogP contribution in [-0.2, 0) is 6.42 Å². The molecule has 2 aromatic rings. The summed E-state index contributed by atoms with van der Waals surface area (Å²) >= 11 is 0. The van der Waals surface area contributed by atoms with Crippen molar-refractivity contribution in [2.45, 2.75) is 19.7 Å². The van der Waals surface area contributed by atoms with Crippen LogP contribution >= 0.6 is 0 Å². The topological polar surface area (TPSA) is 39.9 Å². The van der Waals surface area contributed by atoms with E-state index in [0.29, 0.717) is 17.8 Å². The molecule has 1 aliphatic rings. The van der Waals surface area contributed by atoms with Gasteiger partial charge in [0.25, 0.3) is 0 Å². The van der Waals surface area contributed by atoms with Crippen LogP contribution in [0.1, 0.15) is 17.2 Å². The van der Waals surface area contributed by atoms with Gasteiger partial charge >= 0.3 is 6.36 Å². The monoisotopic (exact) mass is 281 g/mol. The predicted molar refractivity (Wildman–Crippen MR) is 65.5 cm³/mol. The van der Waals surface area contributed by atoms with Crippen molar-refractivity contribution in [3.63, 3.8) is 0 Å². The minimum absolute atomic E-state index is 0.241. The number of aryl methyl sites for hydroxylation is 1. The third kappa shape index (κ3) is 2.26. The number of fused-ring (bicyclic) bond motifs is 3. The lowest BCUT2D eigenvalue weighted by molar-refractivity contribution is -0.274. The maximum atomic E-state index is 12.2. The Balaban J connectivity index is 2.09. The highest BCUT2D eigenvalue weighted by Gasteiger charge is 2.31. The Bertz CT molecular complexity index is 689. The third-order valence-electron chi connectivity index (χ3n) is 2.96. The van der Waals surface area contributed by atoms with Gasteiger partial charge in [0.15, 0.2) is 0 Å². The summed E-state index contributed by atoms with van der Waals surface area (Å²) in [6.07, 6.45) is -0.527. The van der Waals surface area contributed by atoms with E-state index in [9.17, 15) is 13.2 Å². The number of rotatable bonds is 1. The molecule has 0 radical (unpaired) electrons. The van der Waals surface area contributed by atoms with Gasteiger partial charge in [0.2, 0.25) is 0 Å². The van der Waals surface area contributed by atoms with Crippen LogP contribution in [0.25, 0.3) is 11.8 Å². The fourth-order valence-corrected chi connectivity index (χ4v) is 2.21. The molecule has 20 heavy (non-hydrogen) atoms. The summed E-state index contributed by atoms with van der Waals surface area (Å²) in [5, 5.41) is 8.04. The van der Waals surface area contributed by atoms with Gasteiger partial charge in [0, 0.05) is 12.0 Å². The van der Waals surface area contributed by atoms with Crippen LogP contribution < -0.4 is 4.74 Å². The lowest BCUT2D eigenvalue weighted by Crippen LogP contribution is -2.17. The average Bonchev–Trinajstić information content (AvgIpc) is 2.61. The molecule has 7 heteroatoms. The van der Waals surface area contributed by atoms with Gasteiger partial charge < -0.3 is 4.74 Å². The second-order valence-electron chi connectivity index (χ2n) is 4.37. The SMILES string of the molecule is Cc1nnc2n1-c1ccc(OC(F)(F)F)cc1C=CC2. The van der Waals surface area contributed by atoms with E-state index in [1.807, 2.05) is 10.6 Å². The minimum Gasteiger partial charge on any atom is -0.406 e. The molecule has 0 saturated carbocycles. The Morgan fingerprint density at radius 3 is 2.80 bits per heavy atom. The number of halogens is 3. The van der Waals surface area contributed by atoms with Crippen LogP contribution in [-0.4, -0.2) is 21.1 Å². The smallest absolute Gasteiger partial charge is 0.406 e. The van der Waals surface area contributed by atoms with Gasteiger partial charge in [-0.2, -0.15) is 0 Å². The fraction of sp³-hybridized carbons (Fsp3) is 0.231. The van der Waals surface area contributed by atoms with Gasteiger partial charge in [-0.1, -0.05) is 12.2 Å². The molecule has 4 nitrogen and oxygen atoms in total. The van der Waals surface area contributed by atoms with Gasteiger partial charge in [-0.3, -0.25) is 4.57 Å². The molecule has 0 aliphatic carbocycles. The normalized spacial score (nSPS) is 13.6. The number of hydrogen-bond donors (Lipinski definition) is 0. The lowest BCUT2D eigenvalue weighted by atomic mass is 10.1. The van der Waals surface area contributed by atoms with Crippen LogP contribution in [0.3, 0.4) is 0 Å². The van der Waals surface area contributed by atoms with E-state index in [4.69, 9.17) is 0 Å². The number of hydrogen-bond acceptors (Lipinski definition) is 3. The Morgan fingerprint density at radius 2 is 2.05 bits per heavy atom. The minimum atomic E-state index is -4.69. The molecule has 0 fully saturated rings.